The summed E-state index contributed by atoms with van der Waals surface area (Å²) in [5.74, 6) is 2.87. The minimum Gasteiger partial charge on any atom is -0.161 e. The molecule has 0 aromatic heterocycles. The minimum atomic E-state index is 0.678. The Morgan fingerprint density at radius 2 is 1.91 bits per heavy atom. The highest BCUT2D eigenvalue weighted by atomic mass is 32.2. The maximum Gasteiger partial charge on any atom is -0.00104 e. The van der Waals surface area contributed by atoms with Crippen LogP contribution in [0.15, 0.2) is 0 Å². The summed E-state index contributed by atoms with van der Waals surface area (Å²) in [7, 11) is 0. The van der Waals surface area contributed by atoms with E-state index in [1.54, 1.807) is 0 Å². The monoisotopic (exact) mass is 170 g/mol. The van der Waals surface area contributed by atoms with Crippen LogP contribution in [0.4, 0.5) is 0 Å². The van der Waals surface area contributed by atoms with Gasteiger partial charge >= 0.3 is 0 Å². The Balaban J connectivity index is 1.94. The molecule has 0 aromatic rings. The van der Waals surface area contributed by atoms with Crippen molar-refractivity contribution in [3.8, 4) is 0 Å². The van der Waals surface area contributed by atoms with E-state index >= 15 is 0 Å². The first-order valence-electron chi connectivity index (χ1n) is 4.70. The molecule has 0 amide bonds. The molecule has 11 heavy (non-hydrogen) atoms. The average Bonchev–Trinajstić information content (AvgIpc) is 1.85. The predicted molar refractivity (Wildman–Crippen MR) is 52.0 cm³/mol. The van der Waals surface area contributed by atoms with Gasteiger partial charge in [0.2, 0.25) is 0 Å². The first-order valence-corrected chi connectivity index (χ1v) is 5.85. The Morgan fingerprint density at radius 1 is 1.18 bits per heavy atom. The van der Waals surface area contributed by atoms with Crippen molar-refractivity contribution in [2.75, 3.05) is 11.5 Å². The second-order valence-electron chi connectivity index (χ2n) is 5.17. The van der Waals surface area contributed by atoms with Gasteiger partial charge in [-0.1, -0.05) is 13.8 Å². The second-order valence-corrected chi connectivity index (χ2v) is 6.28. The fourth-order valence-electron chi connectivity index (χ4n) is 3.17. The molecular formula is C10H18S. The summed E-state index contributed by atoms with van der Waals surface area (Å²) in [6.07, 6.45) is 5.98. The molecule has 1 aliphatic carbocycles. The van der Waals surface area contributed by atoms with Crippen molar-refractivity contribution in [2.45, 2.75) is 39.5 Å². The highest BCUT2D eigenvalue weighted by molar-refractivity contribution is 7.99. The molecule has 1 saturated carbocycles. The lowest BCUT2D eigenvalue weighted by Crippen LogP contribution is -2.46. The second kappa shape index (κ2) is 2.42. The zero-order valence-corrected chi connectivity index (χ0v) is 8.47. The lowest BCUT2D eigenvalue weighted by Gasteiger charge is -2.55. The average molecular weight is 170 g/mol. The summed E-state index contributed by atoms with van der Waals surface area (Å²) in [4.78, 5) is 0. The van der Waals surface area contributed by atoms with Gasteiger partial charge in [-0.25, -0.2) is 0 Å². The Kier molecular flexibility index (Phi) is 1.75. The van der Waals surface area contributed by atoms with E-state index in [0.717, 1.165) is 5.41 Å². The van der Waals surface area contributed by atoms with Crippen LogP contribution in [0.2, 0.25) is 0 Å². The molecular weight excluding hydrogens is 152 g/mol. The molecule has 0 atom stereocenters. The molecule has 1 heteroatoms. The van der Waals surface area contributed by atoms with E-state index in [-0.39, 0.29) is 0 Å². The number of thioether (sulfide) groups is 1. The van der Waals surface area contributed by atoms with E-state index in [1.807, 2.05) is 0 Å². The highest BCUT2D eigenvalue weighted by Gasteiger charge is 2.48. The minimum absolute atomic E-state index is 0.678. The SMILES string of the molecule is CC1(C)CC2(CCCSC2)C1. The van der Waals surface area contributed by atoms with E-state index in [9.17, 15) is 0 Å². The lowest BCUT2D eigenvalue weighted by molar-refractivity contribution is -0.00199. The van der Waals surface area contributed by atoms with Crippen LogP contribution in [0.1, 0.15) is 39.5 Å². The topological polar surface area (TPSA) is 0 Å². The summed E-state index contributed by atoms with van der Waals surface area (Å²) >= 11 is 2.18. The fourth-order valence-corrected chi connectivity index (χ4v) is 4.44. The summed E-state index contributed by atoms with van der Waals surface area (Å²) in [5.41, 5.74) is 1.48. The summed E-state index contributed by atoms with van der Waals surface area (Å²) < 4.78 is 0. The van der Waals surface area contributed by atoms with Crippen molar-refractivity contribution in [1.82, 2.24) is 0 Å². The summed E-state index contributed by atoms with van der Waals surface area (Å²) in [5, 5.41) is 0. The standard InChI is InChI=1S/C10H18S/c1-9(2)6-10(7-9)4-3-5-11-8-10/h3-8H2,1-2H3. The molecule has 1 saturated heterocycles. The van der Waals surface area contributed by atoms with Crippen molar-refractivity contribution in [3.63, 3.8) is 0 Å². The third-order valence-corrected chi connectivity index (χ3v) is 4.50. The molecule has 64 valence electrons. The molecule has 0 radical (unpaired) electrons. The molecule has 1 aliphatic heterocycles. The van der Waals surface area contributed by atoms with Crippen LogP contribution in [-0.4, -0.2) is 11.5 Å². The van der Waals surface area contributed by atoms with Crippen molar-refractivity contribution < 1.29 is 0 Å². The molecule has 1 spiro atoms. The Morgan fingerprint density at radius 3 is 2.36 bits per heavy atom. The van der Waals surface area contributed by atoms with Crippen molar-refractivity contribution in [3.05, 3.63) is 0 Å². The molecule has 0 unspecified atom stereocenters. The molecule has 0 N–H and O–H groups in total. The third-order valence-electron chi connectivity index (χ3n) is 3.11. The molecule has 0 bridgehead atoms. The van der Waals surface area contributed by atoms with Gasteiger partial charge in [0.25, 0.3) is 0 Å². The van der Waals surface area contributed by atoms with E-state index < -0.39 is 0 Å². The van der Waals surface area contributed by atoms with Crippen molar-refractivity contribution in [2.24, 2.45) is 10.8 Å². The molecule has 0 aromatic carbocycles. The van der Waals surface area contributed by atoms with Gasteiger partial charge in [-0.05, 0) is 48.0 Å². The van der Waals surface area contributed by atoms with Crippen LogP contribution in [0.25, 0.3) is 0 Å². The van der Waals surface area contributed by atoms with Crippen LogP contribution in [-0.2, 0) is 0 Å². The highest BCUT2D eigenvalue weighted by Crippen LogP contribution is 2.59. The van der Waals surface area contributed by atoms with Gasteiger partial charge in [0, 0.05) is 0 Å². The van der Waals surface area contributed by atoms with Gasteiger partial charge in [-0.3, -0.25) is 0 Å². The molecule has 1 heterocycles. The predicted octanol–water partition coefficient (Wildman–Crippen LogP) is 3.32. The Hall–Kier alpha value is 0.350. The van der Waals surface area contributed by atoms with Crippen molar-refractivity contribution >= 4 is 11.8 Å². The van der Waals surface area contributed by atoms with Gasteiger partial charge < -0.3 is 0 Å². The Labute approximate surface area is 74.1 Å². The zero-order valence-electron chi connectivity index (χ0n) is 7.65. The molecule has 2 rings (SSSR count). The fraction of sp³-hybridized carbons (Fsp3) is 1.00. The van der Waals surface area contributed by atoms with E-state index in [4.69, 9.17) is 0 Å². The van der Waals surface area contributed by atoms with E-state index in [0.29, 0.717) is 5.41 Å². The van der Waals surface area contributed by atoms with Gasteiger partial charge in [-0.15, -0.1) is 0 Å². The lowest BCUT2D eigenvalue weighted by atomic mass is 9.53. The molecule has 0 nitrogen and oxygen atoms in total. The summed E-state index contributed by atoms with van der Waals surface area (Å²) in [6.45, 7) is 4.83. The number of rotatable bonds is 0. The maximum atomic E-state index is 2.41. The van der Waals surface area contributed by atoms with Crippen LogP contribution in [0, 0.1) is 10.8 Å². The normalized spacial score (nSPS) is 33.3. The van der Waals surface area contributed by atoms with Crippen LogP contribution < -0.4 is 0 Å². The van der Waals surface area contributed by atoms with Crippen molar-refractivity contribution in [1.29, 1.82) is 0 Å². The number of hydrogen-bond donors (Lipinski definition) is 0. The largest absolute Gasteiger partial charge is 0.161 e. The smallest absolute Gasteiger partial charge is 0.00104 e. The van der Waals surface area contributed by atoms with E-state index in [2.05, 4.69) is 25.6 Å². The third kappa shape index (κ3) is 1.44. The van der Waals surface area contributed by atoms with Gasteiger partial charge in [0.1, 0.15) is 0 Å². The first-order chi connectivity index (χ1) is 5.12. The van der Waals surface area contributed by atoms with E-state index in [1.165, 1.54) is 37.2 Å². The summed E-state index contributed by atoms with van der Waals surface area (Å²) in [6, 6.07) is 0. The van der Waals surface area contributed by atoms with Gasteiger partial charge in [0.15, 0.2) is 0 Å². The quantitative estimate of drug-likeness (QED) is 0.537. The van der Waals surface area contributed by atoms with Gasteiger partial charge in [-0.2, -0.15) is 11.8 Å². The Bertz CT molecular complexity index is 144. The molecule has 2 fully saturated rings. The number of hydrogen-bond acceptors (Lipinski definition) is 1. The first kappa shape index (κ1) is 7.97. The van der Waals surface area contributed by atoms with Crippen LogP contribution >= 0.6 is 11.8 Å². The van der Waals surface area contributed by atoms with Crippen LogP contribution in [0.5, 0.6) is 0 Å². The van der Waals surface area contributed by atoms with Gasteiger partial charge in [0.05, 0.1) is 0 Å². The zero-order chi connectivity index (χ0) is 7.95. The molecule has 2 aliphatic rings. The maximum absolute atomic E-state index is 2.41. The van der Waals surface area contributed by atoms with Crippen LogP contribution in [0.3, 0.4) is 0 Å².